The monoisotopic (exact) mass is 341 g/mol. The van der Waals surface area contributed by atoms with Crippen molar-refractivity contribution in [1.82, 2.24) is 0 Å². The highest BCUT2D eigenvalue weighted by atomic mass is 19.1. The topological polar surface area (TPSA) is 60.7 Å². The van der Waals surface area contributed by atoms with Gasteiger partial charge < -0.3 is 19.2 Å². The summed E-state index contributed by atoms with van der Waals surface area (Å²) in [7, 11) is 3.04. The summed E-state index contributed by atoms with van der Waals surface area (Å²) in [5.74, 6) is 0.524. The number of furan rings is 1. The van der Waals surface area contributed by atoms with Crippen molar-refractivity contribution in [3.8, 4) is 22.8 Å². The first-order valence-corrected chi connectivity index (χ1v) is 7.50. The van der Waals surface area contributed by atoms with Crippen LogP contribution < -0.4 is 14.8 Å². The molecule has 1 N–H and O–H groups in total. The van der Waals surface area contributed by atoms with E-state index < -0.39 is 11.7 Å². The molecule has 0 saturated carbocycles. The second-order valence-corrected chi connectivity index (χ2v) is 5.16. The fourth-order valence-electron chi connectivity index (χ4n) is 2.35. The van der Waals surface area contributed by atoms with Gasteiger partial charge in [-0.2, -0.15) is 0 Å². The highest BCUT2D eigenvalue weighted by molar-refractivity contribution is 6.03. The van der Waals surface area contributed by atoms with Crippen molar-refractivity contribution in [2.75, 3.05) is 19.5 Å². The molecule has 0 aliphatic carbocycles. The Kier molecular flexibility index (Phi) is 4.70. The van der Waals surface area contributed by atoms with Crippen LogP contribution in [0.5, 0.6) is 11.5 Å². The molecule has 0 saturated heterocycles. The molecule has 3 aromatic rings. The van der Waals surface area contributed by atoms with Crippen molar-refractivity contribution >= 4 is 11.6 Å². The first kappa shape index (κ1) is 16.6. The number of ether oxygens (including phenoxy) is 2. The van der Waals surface area contributed by atoms with E-state index in [2.05, 4.69) is 5.32 Å². The van der Waals surface area contributed by atoms with E-state index in [4.69, 9.17) is 13.9 Å². The lowest BCUT2D eigenvalue weighted by Gasteiger charge is -2.10. The first-order chi connectivity index (χ1) is 12.1. The number of benzene rings is 2. The Balaban J connectivity index is 1.82. The van der Waals surface area contributed by atoms with Crippen molar-refractivity contribution in [1.29, 1.82) is 0 Å². The van der Waals surface area contributed by atoms with Gasteiger partial charge in [0.05, 0.1) is 25.5 Å². The number of halogens is 1. The number of nitrogens with one attached hydrogen (secondary N) is 1. The SMILES string of the molecule is COc1ccc(NC(=O)c2ccc(-c3ccccc3F)o2)c(OC)c1. The summed E-state index contributed by atoms with van der Waals surface area (Å²) in [5.41, 5.74) is 0.765. The van der Waals surface area contributed by atoms with Crippen molar-refractivity contribution in [2.45, 2.75) is 0 Å². The van der Waals surface area contributed by atoms with E-state index in [0.29, 0.717) is 22.7 Å². The van der Waals surface area contributed by atoms with Gasteiger partial charge in [-0.05, 0) is 36.4 Å². The predicted molar refractivity (Wildman–Crippen MR) is 91.6 cm³/mol. The van der Waals surface area contributed by atoms with Crippen molar-refractivity contribution < 1.29 is 23.1 Å². The number of carbonyl (C=O) groups excluding carboxylic acids is 1. The van der Waals surface area contributed by atoms with Crippen LogP contribution in [0.2, 0.25) is 0 Å². The lowest BCUT2D eigenvalue weighted by atomic mass is 10.1. The largest absolute Gasteiger partial charge is 0.497 e. The van der Waals surface area contributed by atoms with Crippen LogP contribution in [0.3, 0.4) is 0 Å². The molecule has 0 spiro atoms. The smallest absolute Gasteiger partial charge is 0.291 e. The maximum absolute atomic E-state index is 13.8. The van der Waals surface area contributed by atoms with Crippen LogP contribution in [0.4, 0.5) is 10.1 Å². The number of methoxy groups -OCH3 is 2. The van der Waals surface area contributed by atoms with Crippen LogP contribution in [0.15, 0.2) is 59.0 Å². The Morgan fingerprint density at radius 2 is 1.84 bits per heavy atom. The molecule has 128 valence electrons. The molecule has 0 unspecified atom stereocenters. The van der Waals surface area contributed by atoms with Crippen molar-refractivity contribution in [2.24, 2.45) is 0 Å². The summed E-state index contributed by atoms with van der Waals surface area (Å²) in [6.07, 6.45) is 0. The normalized spacial score (nSPS) is 10.4. The van der Waals surface area contributed by atoms with Crippen LogP contribution in [0.25, 0.3) is 11.3 Å². The number of rotatable bonds is 5. The highest BCUT2D eigenvalue weighted by Gasteiger charge is 2.16. The van der Waals surface area contributed by atoms with Crippen LogP contribution in [0.1, 0.15) is 10.6 Å². The molecule has 0 aliphatic heterocycles. The summed E-state index contributed by atoms with van der Waals surface area (Å²) in [4.78, 5) is 12.4. The Morgan fingerprint density at radius 1 is 1.04 bits per heavy atom. The average molecular weight is 341 g/mol. The van der Waals surface area contributed by atoms with Crippen LogP contribution >= 0.6 is 0 Å². The van der Waals surface area contributed by atoms with Gasteiger partial charge in [0, 0.05) is 6.07 Å². The minimum Gasteiger partial charge on any atom is -0.497 e. The molecule has 1 aromatic heterocycles. The minimum atomic E-state index is -0.467. The van der Waals surface area contributed by atoms with E-state index in [0.717, 1.165) is 0 Å². The zero-order valence-electron chi connectivity index (χ0n) is 13.7. The van der Waals surface area contributed by atoms with Gasteiger partial charge in [0.1, 0.15) is 23.1 Å². The van der Waals surface area contributed by atoms with Gasteiger partial charge in [-0.1, -0.05) is 12.1 Å². The quantitative estimate of drug-likeness (QED) is 0.749. The zero-order valence-corrected chi connectivity index (χ0v) is 13.7. The van der Waals surface area contributed by atoms with Gasteiger partial charge in [0.15, 0.2) is 5.76 Å². The molecule has 1 heterocycles. The predicted octanol–water partition coefficient (Wildman–Crippen LogP) is 4.36. The number of carbonyl (C=O) groups is 1. The summed E-state index contributed by atoms with van der Waals surface area (Å²) in [5, 5.41) is 2.70. The van der Waals surface area contributed by atoms with Gasteiger partial charge in [-0.25, -0.2) is 4.39 Å². The second kappa shape index (κ2) is 7.09. The third-order valence-electron chi connectivity index (χ3n) is 3.63. The number of hydrogen-bond donors (Lipinski definition) is 1. The van der Waals surface area contributed by atoms with E-state index in [9.17, 15) is 9.18 Å². The van der Waals surface area contributed by atoms with Gasteiger partial charge in [0.2, 0.25) is 0 Å². The first-order valence-electron chi connectivity index (χ1n) is 7.50. The number of hydrogen-bond acceptors (Lipinski definition) is 4. The molecule has 2 aromatic carbocycles. The van der Waals surface area contributed by atoms with Gasteiger partial charge in [0.25, 0.3) is 5.91 Å². The van der Waals surface area contributed by atoms with E-state index in [1.807, 2.05) is 0 Å². The minimum absolute atomic E-state index is 0.0659. The highest BCUT2D eigenvalue weighted by Crippen LogP contribution is 2.30. The van der Waals surface area contributed by atoms with E-state index in [1.54, 1.807) is 49.6 Å². The van der Waals surface area contributed by atoms with Crippen molar-refractivity contribution in [3.05, 3.63) is 66.2 Å². The third kappa shape index (κ3) is 3.47. The van der Waals surface area contributed by atoms with Crippen LogP contribution in [-0.4, -0.2) is 20.1 Å². The molecule has 0 fully saturated rings. The molecule has 0 radical (unpaired) electrons. The summed E-state index contributed by atoms with van der Waals surface area (Å²) < 4.78 is 29.7. The van der Waals surface area contributed by atoms with Gasteiger partial charge >= 0.3 is 0 Å². The lowest BCUT2D eigenvalue weighted by Crippen LogP contribution is -2.11. The molecule has 0 aliphatic rings. The zero-order chi connectivity index (χ0) is 17.8. The Labute approximate surface area is 144 Å². The molecule has 6 heteroatoms. The Morgan fingerprint density at radius 3 is 2.56 bits per heavy atom. The molecule has 5 nitrogen and oxygen atoms in total. The fraction of sp³-hybridized carbons (Fsp3) is 0.105. The van der Waals surface area contributed by atoms with Crippen LogP contribution in [-0.2, 0) is 0 Å². The number of amides is 1. The summed E-state index contributed by atoms with van der Waals surface area (Å²) in [6.45, 7) is 0. The van der Waals surface area contributed by atoms with Crippen molar-refractivity contribution in [3.63, 3.8) is 0 Å². The summed E-state index contributed by atoms with van der Waals surface area (Å²) >= 11 is 0. The molecule has 25 heavy (non-hydrogen) atoms. The number of anilines is 1. The standard InChI is InChI=1S/C19H16FNO4/c1-23-12-7-8-15(18(11-12)24-2)21-19(22)17-10-9-16(25-17)13-5-3-4-6-14(13)20/h3-11H,1-2H3,(H,21,22). The molecule has 3 rings (SSSR count). The Bertz CT molecular complexity index is 904. The van der Waals surface area contributed by atoms with E-state index >= 15 is 0 Å². The molecule has 0 atom stereocenters. The summed E-state index contributed by atoms with van der Waals surface area (Å²) in [6, 6.07) is 14.3. The molecular formula is C19H16FNO4. The third-order valence-corrected chi connectivity index (χ3v) is 3.63. The van der Waals surface area contributed by atoms with E-state index in [-0.39, 0.29) is 11.5 Å². The molecule has 0 bridgehead atoms. The Hall–Kier alpha value is -3.28. The fourth-order valence-corrected chi connectivity index (χ4v) is 2.35. The lowest BCUT2D eigenvalue weighted by molar-refractivity contribution is 0.0997. The molecular weight excluding hydrogens is 325 g/mol. The average Bonchev–Trinajstić information content (AvgIpc) is 3.12. The van der Waals surface area contributed by atoms with Gasteiger partial charge in [-0.3, -0.25) is 4.79 Å². The molecule has 1 amide bonds. The maximum atomic E-state index is 13.8. The van der Waals surface area contributed by atoms with Crippen LogP contribution in [0, 0.1) is 5.82 Å². The maximum Gasteiger partial charge on any atom is 0.291 e. The second-order valence-electron chi connectivity index (χ2n) is 5.16. The van der Waals surface area contributed by atoms with Gasteiger partial charge in [-0.15, -0.1) is 0 Å². The van der Waals surface area contributed by atoms with E-state index in [1.165, 1.54) is 19.2 Å².